The van der Waals surface area contributed by atoms with E-state index >= 15 is 0 Å². The summed E-state index contributed by atoms with van der Waals surface area (Å²) in [6, 6.07) is 5.24. The molecular weight excluding hydrogens is 440 g/mol. The van der Waals surface area contributed by atoms with Gasteiger partial charge in [-0.3, -0.25) is 9.69 Å². The van der Waals surface area contributed by atoms with E-state index in [4.69, 9.17) is 4.74 Å². The van der Waals surface area contributed by atoms with Crippen LogP contribution in [0.15, 0.2) is 18.3 Å². The Labute approximate surface area is 208 Å². The smallest absolute Gasteiger partial charge is 0.340 e. The van der Waals surface area contributed by atoms with E-state index < -0.39 is 0 Å². The molecule has 3 heterocycles. The van der Waals surface area contributed by atoms with Crippen molar-refractivity contribution < 1.29 is 14.3 Å². The second-order valence-electron chi connectivity index (χ2n) is 10.7. The van der Waals surface area contributed by atoms with Gasteiger partial charge >= 0.3 is 5.97 Å². The fourth-order valence-corrected chi connectivity index (χ4v) is 6.56. The van der Waals surface area contributed by atoms with Gasteiger partial charge in [0.2, 0.25) is 5.91 Å². The summed E-state index contributed by atoms with van der Waals surface area (Å²) in [5.41, 5.74) is 2.48. The van der Waals surface area contributed by atoms with Gasteiger partial charge in [0.1, 0.15) is 5.65 Å². The lowest BCUT2D eigenvalue weighted by Gasteiger charge is -2.47. The van der Waals surface area contributed by atoms with Crippen LogP contribution in [0.2, 0.25) is 0 Å². The number of hydrogen-bond acceptors (Lipinski definition) is 5. The lowest BCUT2D eigenvalue weighted by Crippen LogP contribution is -2.58. The summed E-state index contributed by atoms with van der Waals surface area (Å²) in [5, 5.41) is 0.882. The number of pyridine rings is 1. The first-order valence-corrected chi connectivity index (χ1v) is 13.6. The van der Waals surface area contributed by atoms with Crippen LogP contribution >= 0.6 is 0 Å². The van der Waals surface area contributed by atoms with Crippen LogP contribution in [0.4, 0.5) is 0 Å². The average Bonchev–Trinajstić information content (AvgIpc) is 3.61. The standard InChI is InChI=1S/C28H40N4O3/c1-5-31(23-13-14-23)27(33)21-16-30(17-21)22-11-9-20(10-12-22)18(3)32-19(4)25(28(34)35-6-2)24-8-7-15-29-26(24)32/h7-8,15,18,20-23H,5-6,9-14,16-17H2,1-4H3/t18-,20?,22?/m1/s1. The number of aromatic nitrogens is 2. The summed E-state index contributed by atoms with van der Waals surface area (Å²) < 4.78 is 7.63. The number of carbonyl (C=O) groups is 2. The molecule has 1 atom stereocenters. The Morgan fingerprint density at radius 1 is 1.14 bits per heavy atom. The lowest BCUT2D eigenvalue weighted by atomic mass is 9.79. The van der Waals surface area contributed by atoms with Gasteiger partial charge in [-0.25, -0.2) is 9.78 Å². The molecule has 0 N–H and O–H groups in total. The van der Waals surface area contributed by atoms with E-state index in [0.717, 1.165) is 49.2 Å². The van der Waals surface area contributed by atoms with Crippen LogP contribution in [0.25, 0.3) is 11.0 Å². The van der Waals surface area contributed by atoms with Crippen LogP contribution in [0.3, 0.4) is 0 Å². The highest BCUT2D eigenvalue weighted by Crippen LogP contribution is 2.40. The van der Waals surface area contributed by atoms with Crippen molar-refractivity contribution >= 4 is 22.9 Å². The molecule has 0 radical (unpaired) electrons. The molecule has 2 saturated carbocycles. The maximum absolute atomic E-state index is 12.9. The second kappa shape index (κ2) is 9.92. The van der Waals surface area contributed by atoms with E-state index in [1.165, 1.54) is 25.7 Å². The largest absolute Gasteiger partial charge is 0.462 e. The molecule has 7 nitrogen and oxygen atoms in total. The molecule has 190 valence electrons. The average molecular weight is 481 g/mol. The molecule has 3 aliphatic rings. The van der Waals surface area contributed by atoms with Crippen molar-refractivity contribution in [2.75, 3.05) is 26.2 Å². The van der Waals surface area contributed by atoms with Crippen LogP contribution in [0.5, 0.6) is 0 Å². The molecule has 3 fully saturated rings. The molecule has 1 saturated heterocycles. The van der Waals surface area contributed by atoms with Crippen molar-refractivity contribution in [3.05, 3.63) is 29.6 Å². The summed E-state index contributed by atoms with van der Waals surface area (Å²) in [6.07, 6.45) is 8.84. The number of fused-ring (bicyclic) bond motifs is 1. The Kier molecular flexibility index (Phi) is 6.88. The Bertz CT molecular complexity index is 1080. The topological polar surface area (TPSA) is 67.7 Å². The van der Waals surface area contributed by atoms with Crippen LogP contribution in [0, 0.1) is 18.8 Å². The highest BCUT2D eigenvalue weighted by molar-refractivity contribution is 6.05. The van der Waals surface area contributed by atoms with Gasteiger partial charge in [0.25, 0.3) is 0 Å². The van der Waals surface area contributed by atoms with E-state index in [9.17, 15) is 9.59 Å². The molecule has 35 heavy (non-hydrogen) atoms. The van der Waals surface area contributed by atoms with E-state index in [1.807, 2.05) is 26.0 Å². The number of esters is 1. The van der Waals surface area contributed by atoms with Gasteiger partial charge in [-0.05, 0) is 84.3 Å². The van der Waals surface area contributed by atoms with Crippen molar-refractivity contribution in [1.82, 2.24) is 19.4 Å². The number of likely N-dealkylation sites (tertiary alicyclic amines) is 1. The maximum Gasteiger partial charge on any atom is 0.340 e. The van der Waals surface area contributed by atoms with Crippen LogP contribution in [-0.4, -0.2) is 69.6 Å². The molecule has 0 bridgehead atoms. The zero-order chi connectivity index (χ0) is 24.7. The molecule has 0 spiro atoms. The van der Waals surface area contributed by atoms with Crippen LogP contribution in [-0.2, 0) is 9.53 Å². The lowest BCUT2D eigenvalue weighted by molar-refractivity contribution is -0.143. The predicted molar refractivity (Wildman–Crippen MR) is 136 cm³/mol. The zero-order valence-corrected chi connectivity index (χ0v) is 21.7. The molecule has 2 aliphatic carbocycles. The zero-order valence-electron chi connectivity index (χ0n) is 21.7. The number of rotatable bonds is 8. The van der Waals surface area contributed by atoms with Gasteiger partial charge in [0.05, 0.1) is 18.1 Å². The van der Waals surface area contributed by atoms with Gasteiger partial charge in [-0.2, -0.15) is 0 Å². The molecule has 0 unspecified atom stereocenters. The number of nitrogens with zero attached hydrogens (tertiary/aromatic N) is 4. The highest BCUT2D eigenvalue weighted by atomic mass is 16.5. The Morgan fingerprint density at radius 3 is 2.49 bits per heavy atom. The minimum atomic E-state index is -0.261. The van der Waals surface area contributed by atoms with Gasteiger partial charge in [-0.15, -0.1) is 0 Å². The minimum absolute atomic E-state index is 0.202. The van der Waals surface area contributed by atoms with Crippen molar-refractivity contribution in [1.29, 1.82) is 0 Å². The molecule has 0 aromatic carbocycles. The third-order valence-corrected chi connectivity index (χ3v) is 8.70. The van der Waals surface area contributed by atoms with Crippen molar-refractivity contribution in [2.45, 2.75) is 84.3 Å². The minimum Gasteiger partial charge on any atom is -0.462 e. The van der Waals surface area contributed by atoms with Crippen LogP contribution in [0.1, 0.15) is 81.4 Å². The maximum atomic E-state index is 12.9. The van der Waals surface area contributed by atoms with Crippen LogP contribution < -0.4 is 0 Å². The highest BCUT2D eigenvalue weighted by Gasteiger charge is 2.43. The molecule has 2 aromatic heterocycles. The fraction of sp³-hybridized carbons (Fsp3) is 0.679. The monoisotopic (exact) mass is 480 g/mol. The van der Waals surface area contributed by atoms with E-state index in [0.29, 0.717) is 36.1 Å². The first-order valence-electron chi connectivity index (χ1n) is 13.6. The molecular formula is C28H40N4O3. The Morgan fingerprint density at radius 2 is 1.86 bits per heavy atom. The number of hydrogen-bond donors (Lipinski definition) is 0. The van der Waals surface area contributed by atoms with E-state index in [1.54, 1.807) is 6.20 Å². The van der Waals surface area contributed by atoms with E-state index in [-0.39, 0.29) is 17.9 Å². The summed E-state index contributed by atoms with van der Waals surface area (Å²) >= 11 is 0. The molecule has 1 amide bonds. The number of carbonyl (C=O) groups excluding carboxylic acids is 2. The summed E-state index contributed by atoms with van der Waals surface area (Å²) in [6.45, 7) is 11.3. The Balaban J connectivity index is 1.22. The third-order valence-electron chi connectivity index (χ3n) is 8.70. The van der Waals surface area contributed by atoms with Crippen molar-refractivity contribution in [3.63, 3.8) is 0 Å². The fourth-order valence-electron chi connectivity index (χ4n) is 6.56. The first kappa shape index (κ1) is 24.3. The quantitative estimate of drug-likeness (QED) is 0.517. The number of amides is 1. The van der Waals surface area contributed by atoms with Gasteiger partial charge in [0, 0.05) is 55.0 Å². The summed E-state index contributed by atoms with van der Waals surface area (Å²) in [5.74, 6) is 0.867. The third kappa shape index (κ3) is 4.48. The molecule has 2 aromatic rings. The second-order valence-corrected chi connectivity index (χ2v) is 10.7. The first-order chi connectivity index (χ1) is 16.9. The van der Waals surface area contributed by atoms with Crippen molar-refractivity contribution in [3.8, 4) is 0 Å². The molecule has 1 aliphatic heterocycles. The van der Waals surface area contributed by atoms with Gasteiger partial charge in [0.15, 0.2) is 0 Å². The SMILES string of the molecule is CCOC(=O)c1c(C)n([C@H](C)C2CCC(N3CC(C(=O)N(CC)C4CC4)C3)CC2)c2ncccc12. The van der Waals surface area contributed by atoms with Gasteiger partial charge in [-0.1, -0.05) is 0 Å². The van der Waals surface area contributed by atoms with Crippen molar-refractivity contribution in [2.24, 2.45) is 11.8 Å². The van der Waals surface area contributed by atoms with Gasteiger partial charge < -0.3 is 14.2 Å². The number of ether oxygens (including phenoxy) is 1. The van der Waals surface area contributed by atoms with E-state index in [2.05, 4.69) is 33.2 Å². The Hall–Kier alpha value is -2.41. The molecule has 5 rings (SSSR count). The summed E-state index contributed by atoms with van der Waals surface area (Å²) in [4.78, 5) is 34.9. The molecule has 7 heteroatoms. The predicted octanol–water partition coefficient (Wildman–Crippen LogP) is 4.58. The normalized spacial score (nSPS) is 24.2. The summed E-state index contributed by atoms with van der Waals surface area (Å²) in [7, 11) is 0.